The van der Waals surface area contributed by atoms with Crippen LogP contribution < -0.4 is 10.2 Å². The maximum Gasteiger partial charge on any atom is 0.322 e. The number of para-hydroxylation sites is 2. The van der Waals surface area contributed by atoms with Crippen molar-refractivity contribution in [1.82, 2.24) is 24.5 Å². The van der Waals surface area contributed by atoms with E-state index in [4.69, 9.17) is 9.40 Å². The molecular formula is C25H23N7O2. The molecule has 1 atom stereocenters. The van der Waals surface area contributed by atoms with Crippen molar-refractivity contribution in [2.75, 3.05) is 29.9 Å². The second kappa shape index (κ2) is 8.18. The Hall–Kier alpha value is -4.40. The SMILES string of the molecule is C[C@H]1CN(c2nc3ccccc3c3nnc(-c4ccco4)n23)CCN1C(=O)Nc1ccccc1. The summed E-state index contributed by atoms with van der Waals surface area (Å²) >= 11 is 0. The number of fused-ring (bicyclic) bond motifs is 3. The van der Waals surface area contributed by atoms with Crippen LogP contribution in [0.1, 0.15) is 6.92 Å². The number of nitrogens with zero attached hydrogens (tertiary/aromatic N) is 6. The minimum Gasteiger partial charge on any atom is -0.461 e. The van der Waals surface area contributed by atoms with Gasteiger partial charge in [-0.15, -0.1) is 10.2 Å². The van der Waals surface area contributed by atoms with Gasteiger partial charge in [-0.3, -0.25) is 0 Å². The lowest BCUT2D eigenvalue weighted by atomic mass is 10.2. The number of aromatic nitrogens is 4. The van der Waals surface area contributed by atoms with Crippen LogP contribution in [0.4, 0.5) is 16.4 Å². The van der Waals surface area contributed by atoms with E-state index in [1.165, 1.54) is 0 Å². The predicted octanol–water partition coefficient (Wildman–Crippen LogP) is 4.28. The van der Waals surface area contributed by atoms with E-state index in [9.17, 15) is 4.79 Å². The van der Waals surface area contributed by atoms with Gasteiger partial charge in [0, 0.05) is 36.7 Å². The Morgan fingerprint density at radius 3 is 2.62 bits per heavy atom. The number of amides is 2. The Kier molecular flexibility index (Phi) is 4.87. The molecule has 0 saturated carbocycles. The molecule has 0 bridgehead atoms. The van der Waals surface area contributed by atoms with Crippen molar-refractivity contribution in [2.45, 2.75) is 13.0 Å². The number of urea groups is 1. The highest BCUT2D eigenvalue weighted by Gasteiger charge is 2.30. The molecular weight excluding hydrogens is 430 g/mol. The number of rotatable bonds is 3. The Labute approximate surface area is 195 Å². The highest BCUT2D eigenvalue weighted by Crippen LogP contribution is 2.29. The van der Waals surface area contributed by atoms with Gasteiger partial charge in [-0.25, -0.2) is 14.2 Å². The molecule has 2 amide bonds. The van der Waals surface area contributed by atoms with Crippen molar-refractivity contribution in [2.24, 2.45) is 0 Å². The first-order valence-corrected chi connectivity index (χ1v) is 11.2. The molecule has 1 N–H and O–H groups in total. The molecule has 0 aliphatic carbocycles. The number of hydrogen-bond donors (Lipinski definition) is 1. The van der Waals surface area contributed by atoms with Crippen LogP contribution >= 0.6 is 0 Å². The van der Waals surface area contributed by atoms with Gasteiger partial charge in [0.15, 0.2) is 11.4 Å². The molecule has 1 fully saturated rings. The van der Waals surface area contributed by atoms with Gasteiger partial charge in [0.2, 0.25) is 11.8 Å². The third-order valence-electron chi connectivity index (χ3n) is 6.17. The van der Waals surface area contributed by atoms with Crippen molar-refractivity contribution in [3.63, 3.8) is 0 Å². The fourth-order valence-corrected chi connectivity index (χ4v) is 4.50. The van der Waals surface area contributed by atoms with E-state index in [0.717, 1.165) is 28.2 Å². The largest absolute Gasteiger partial charge is 0.461 e. The molecule has 34 heavy (non-hydrogen) atoms. The van der Waals surface area contributed by atoms with Crippen molar-refractivity contribution in [3.8, 4) is 11.6 Å². The summed E-state index contributed by atoms with van der Waals surface area (Å²) in [5.41, 5.74) is 2.36. The van der Waals surface area contributed by atoms with Crippen LogP contribution in [-0.2, 0) is 0 Å². The number of carbonyl (C=O) groups excluding carboxylic acids is 1. The maximum atomic E-state index is 12.9. The Balaban J connectivity index is 1.35. The zero-order chi connectivity index (χ0) is 23.1. The summed E-state index contributed by atoms with van der Waals surface area (Å²) in [6.07, 6.45) is 1.62. The Morgan fingerprint density at radius 2 is 1.82 bits per heavy atom. The molecule has 6 rings (SSSR count). The molecule has 1 saturated heterocycles. The molecule has 3 aromatic heterocycles. The quantitative estimate of drug-likeness (QED) is 0.438. The van der Waals surface area contributed by atoms with Crippen molar-refractivity contribution >= 4 is 34.2 Å². The number of piperazine rings is 1. The highest BCUT2D eigenvalue weighted by molar-refractivity contribution is 5.93. The third kappa shape index (κ3) is 3.42. The third-order valence-corrected chi connectivity index (χ3v) is 6.17. The van der Waals surface area contributed by atoms with Gasteiger partial charge in [-0.05, 0) is 43.3 Å². The number of anilines is 2. The van der Waals surface area contributed by atoms with E-state index in [0.29, 0.717) is 31.2 Å². The zero-order valence-electron chi connectivity index (χ0n) is 18.6. The van der Waals surface area contributed by atoms with E-state index >= 15 is 0 Å². The smallest absolute Gasteiger partial charge is 0.322 e. The molecule has 9 heteroatoms. The summed E-state index contributed by atoms with van der Waals surface area (Å²) in [6, 6.07) is 21.0. The number of nitrogens with one attached hydrogen (secondary N) is 1. The van der Waals surface area contributed by atoms with E-state index in [1.807, 2.05) is 76.0 Å². The minimum absolute atomic E-state index is 0.0238. The summed E-state index contributed by atoms with van der Waals surface area (Å²) in [6.45, 7) is 3.86. The molecule has 5 aromatic rings. The van der Waals surface area contributed by atoms with Crippen LogP contribution in [0.5, 0.6) is 0 Å². The van der Waals surface area contributed by atoms with Crippen molar-refractivity contribution in [1.29, 1.82) is 0 Å². The fourth-order valence-electron chi connectivity index (χ4n) is 4.50. The first-order chi connectivity index (χ1) is 16.7. The van der Waals surface area contributed by atoms with Gasteiger partial charge in [-0.1, -0.05) is 30.3 Å². The van der Waals surface area contributed by atoms with Gasteiger partial charge in [-0.2, -0.15) is 0 Å². The van der Waals surface area contributed by atoms with Crippen LogP contribution in [0.2, 0.25) is 0 Å². The standard InChI is InChI=1S/C25H23N7O2/c1-17-16-30(13-14-31(17)25(33)26-18-8-3-2-4-9-18)24-27-20-11-6-5-10-19(20)22-28-29-23(32(22)24)21-12-7-15-34-21/h2-12,15,17H,13-14,16H2,1H3,(H,26,33)/t17-/m0/s1. The summed E-state index contributed by atoms with van der Waals surface area (Å²) in [5.74, 6) is 1.96. The molecule has 4 heterocycles. The lowest BCUT2D eigenvalue weighted by Crippen LogP contribution is -2.55. The van der Waals surface area contributed by atoms with E-state index in [-0.39, 0.29) is 12.1 Å². The molecule has 0 unspecified atom stereocenters. The van der Waals surface area contributed by atoms with Gasteiger partial charge in [0.1, 0.15) is 0 Å². The minimum atomic E-state index is -0.101. The first-order valence-electron chi connectivity index (χ1n) is 11.2. The maximum absolute atomic E-state index is 12.9. The summed E-state index contributed by atoms with van der Waals surface area (Å²) < 4.78 is 7.59. The average Bonchev–Trinajstić information content (AvgIpc) is 3.54. The first kappa shape index (κ1) is 20.2. The fraction of sp³-hybridized carbons (Fsp3) is 0.200. The number of benzene rings is 2. The molecule has 0 spiro atoms. The Morgan fingerprint density at radius 1 is 1.00 bits per heavy atom. The summed E-state index contributed by atoms with van der Waals surface area (Å²) in [7, 11) is 0. The molecule has 1 aliphatic heterocycles. The second-order valence-electron chi connectivity index (χ2n) is 8.37. The zero-order valence-corrected chi connectivity index (χ0v) is 18.6. The monoisotopic (exact) mass is 453 g/mol. The van der Waals surface area contributed by atoms with Gasteiger partial charge < -0.3 is 19.5 Å². The average molecular weight is 454 g/mol. The van der Waals surface area contributed by atoms with Crippen molar-refractivity contribution < 1.29 is 9.21 Å². The second-order valence-corrected chi connectivity index (χ2v) is 8.37. The Bertz CT molecular complexity index is 1460. The number of furan rings is 1. The van der Waals surface area contributed by atoms with Crippen LogP contribution in [0.3, 0.4) is 0 Å². The number of carbonyl (C=O) groups is 1. The molecule has 2 aromatic carbocycles. The molecule has 170 valence electrons. The van der Waals surface area contributed by atoms with Crippen molar-refractivity contribution in [3.05, 3.63) is 73.0 Å². The van der Waals surface area contributed by atoms with Crippen LogP contribution in [-0.4, -0.2) is 56.2 Å². The van der Waals surface area contributed by atoms with Crippen LogP contribution in [0.15, 0.2) is 77.4 Å². The molecule has 9 nitrogen and oxygen atoms in total. The lowest BCUT2D eigenvalue weighted by Gasteiger charge is -2.40. The van der Waals surface area contributed by atoms with E-state index in [1.54, 1.807) is 6.26 Å². The molecule has 1 aliphatic rings. The van der Waals surface area contributed by atoms with Gasteiger partial charge in [0.25, 0.3) is 0 Å². The highest BCUT2D eigenvalue weighted by atomic mass is 16.3. The normalized spacial score (nSPS) is 16.3. The lowest BCUT2D eigenvalue weighted by molar-refractivity contribution is 0.184. The van der Waals surface area contributed by atoms with E-state index < -0.39 is 0 Å². The van der Waals surface area contributed by atoms with Gasteiger partial charge in [0.05, 0.1) is 11.8 Å². The predicted molar refractivity (Wildman–Crippen MR) is 130 cm³/mol. The van der Waals surface area contributed by atoms with E-state index in [2.05, 4.69) is 27.3 Å². The summed E-state index contributed by atoms with van der Waals surface area (Å²) in [4.78, 5) is 22.0. The van der Waals surface area contributed by atoms with Crippen LogP contribution in [0, 0.1) is 0 Å². The summed E-state index contributed by atoms with van der Waals surface area (Å²) in [5, 5.41) is 12.8. The van der Waals surface area contributed by atoms with Gasteiger partial charge >= 0.3 is 6.03 Å². The topological polar surface area (TPSA) is 91.8 Å². The molecule has 0 radical (unpaired) electrons. The van der Waals surface area contributed by atoms with Crippen LogP contribution in [0.25, 0.3) is 28.1 Å². The number of hydrogen-bond acceptors (Lipinski definition) is 6.